The molecule has 8 nitrogen and oxygen atoms in total. The second kappa shape index (κ2) is 11.0. The first-order chi connectivity index (χ1) is 16.1. The van der Waals surface area contributed by atoms with Gasteiger partial charge < -0.3 is 4.90 Å². The Kier molecular flexibility index (Phi) is 8.52. The first-order valence-electron chi connectivity index (χ1n) is 12.3. The number of unbranched alkanes of at least 4 members (excludes halogenated alkanes) is 2. The van der Waals surface area contributed by atoms with Crippen molar-refractivity contribution in [3.05, 3.63) is 41.4 Å². The number of amides is 2. The summed E-state index contributed by atoms with van der Waals surface area (Å²) in [5.74, 6) is -1.40. The van der Waals surface area contributed by atoms with Gasteiger partial charge in [-0.1, -0.05) is 40.5 Å². The molecule has 2 aliphatic heterocycles. The highest BCUT2D eigenvalue weighted by Gasteiger charge is 2.54. The molecule has 0 radical (unpaired) electrons. The summed E-state index contributed by atoms with van der Waals surface area (Å²) in [7, 11) is -3.76. The maximum Gasteiger partial charge on any atom is 0.256 e. The lowest BCUT2D eigenvalue weighted by molar-refractivity contribution is -0.128. The van der Waals surface area contributed by atoms with E-state index in [0.29, 0.717) is 11.3 Å². The fraction of sp³-hybridized carbons (Fsp3) is 0.640. The second-order valence-electron chi connectivity index (χ2n) is 9.69. The minimum atomic E-state index is -3.76. The van der Waals surface area contributed by atoms with Crippen molar-refractivity contribution < 1.29 is 18.0 Å². The van der Waals surface area contributed by atoms with E-state index in [2.05, 4.69) is 23.7 Å². The zero-order valence-electron chi connectivity index (χ0n) is 21.0. The Balaban J connectivity index is 1.77. The van der Waals surface area contributed by atoms with E-state index in [-0.39, 0.29) is 18.4 Å². The fourth-order valence-corrected chi connectivity index (χ4v) is 5.87. The van der Waals surface area contributed by atoms with E-state index in [1.807, 2.05) is 19.9 Å². The average Bonchev–Trinajstić information content (AvgIpc) is 3.31. The van der Waals surface area contributed by atoms with Crippen molar-refractivity contribution in [1.29, 1.82) is 0 Å². The molecule has 188 valence electrons. The molecule has 0 N–H and O–H groups in total. The van der Waals surface area contributed by atoms with E-state index >= 15 is 0 Å². The van der Waals surface area contributed by atoms with Gasteiger partial charge in [-0.2, -0.15) is 0 Å². The van der Waals surface area contributed by atoms with Crippen molar-refractivity contribution >= 4 is 21.8 Å². The molecule has 1 aromatic rings. The number of aromatic nitrogens is 1. The highest BCUT2D eigenvalue weighted by Crippen LogP contribution is 2.41. The number of carbonyl (C=O) groups is 2. The average molecular weight is 491 g/mol. The van der Waals surface area contributed by atoms with Gasteiger partial charge in [-0.25, -0.2) is 12.7 Å². The zero-order chi connectivity index (χ0) is 25.0. The molecule has 0 saturated carbocycles. The maximum absolute atomic E-state index is 13.4. The number of sulfonamides is 1. The Morgan fingerprint density at radius 3 is 2.32 bits per heavy atom. The number of pyridine rings is 1. The van der Waals surface area contributed by atoms with Gasteiger partial charge in [0.2, 0.25) is 15.9 Å². The van der Waals surface area contributed by atoms with Gasteiger partial charge in [0.25, 0.3) is 5.91 Å². The lowest BCUT2D eigenvalue weighted by Crippen LogP contribution is -2.43. The Labute approximate surface area is 204 Å². The molecule has 2 aliphatic rings. The van der Waals surface area contributed by atoms with E-state index in [4.69, 9.17) is 0 Å². The summed E-state index contributed by atoms with van der Waals surface area (Å²) in [6.45, 7) is 11.2. The van der Waals surface area contributed by atoms with Crippen LogP contribution >= 0.6 is 0 Å². The van der Waals surface area contributed by atoms with E-state index in [1.54, 1.807) is 23.2 Å². The normalized spacial score (nSPS) is 20.4. The van der Waals surface area contributed by atoms with Gasteiger partial charge in [0.05, 0.1) is 35.2 Å². The lowest BCUT2D eigenvalue weighted by Gasteiger charge is -2.29. The third-order valence-corrected chi connectivity index (χ3v) is 7.67. The molecular formula is C25H38N4O4S. The van der Waals surface area contributed by atoms with Crippen LogP contribution in [0.2, 0.25) is 0 Å². The summed E-state index contributed by atoms with van der Waals surface area (Å²) in [5, 5.41) is 0. The topological polar surface area (TPSA) is 90.9 Å². The standard InChI is InChI=1S/C25H38N4O4S/c1-6-8-13-27(14-9-7-2)17-20-11-10-19(16-26-20)24(30)28-15-12-21-23(28)22(18(3)4)25(31)29(21)34(5,32)33/h10-12,16,18,22-23H,6-9,13-15,17H2,1-5H3/t22-,23+/m1/s1. The van der Waals surface area contributed by atoms with Gasteiger partial charge in [-0.15, -0.1) is 0 Å². The van der Waals surface area contributed by atoms with Crippen LogP contribution in [0.1, 0.15) is 69.4 Å². The van der Waals surface area contributed by atoms with Crippen molar-refractivity contribution in [2.75, 3.05) is 25.9 Å². The van der Waals surface area contributed by atoms with Crippen LogP contribution in [-0.4, -0.2) is 71.3 Å². The van der Waals surface area contributed by atoms with Crippen molar-refractivity contribution in [3.8, 4) is 0 Å². The van der Waals surface area contributed by atoms with Gasteiger partial charge in [-0.05, 0) is 50.1 Å². The highest BCUT2D eigenvalue weighted by atomic mass is 32.2. The van der Waals surface area contributed by atoms with Crippen molar-refractivity contribution in [2.24, 2.45) is 11.8 Å². The first-order valence-corrected chi connectivity index (χ1v) is 14.2. The Bertz CT molecular complexity index is 1010. The van der Waals surface area contributed by atoms with Crippen LogP contribution in [-0.2, 0) is 21.4 Å². The zero-order valence-corrected chi connectivity index (χ0v) is 21.8. The van der Waals surface area contributed by atoms with Crippen molar-refractivity contribution in [3.63, 3.8) is 0 Å². The van der Waals surface area contributed by atoms with Crippen LogP contribution in [0.25, 0.3) is 0 Å². The molecule has 0 aromatic carbocycles. The molecule has 3 heterocycles. The molecular weight excluding hydrogens is 452 g/mol. The van der Waals surface area contributed by atoms with Crippen molar-refractivity contribution in [1.82, 2.24) is 19.1 Å². The molecule has 3 rings (SSSR count). The van der Waals surface area contributed by atoms with Crippen LogP contribution in [0.4, 0.5) is 0 Å². The SMILES string of the molecule is CCCCN(CCCC)Cc1ccc(C(=O)N2CC=C3[C@H]2[C@@H](C(C)C)C(=O)N3S(C)(=O)=O)cn1. The predicted octanol–water partition coefficient (Wildman–Crippen LogP) is 3.27. The number of fused-ring (bicyclic) bond motifs is 1. The largest absolute Gasteiger partial charge is 0.325 e. The van der Waals surface area contributed by atoms with Gasteiger partial charge in [0.15, 0.2) is 0 Å². The molecule has 0 spiro atoms. The monoisotopic (exact) mass is 490 g/mol. The molecule has 1 fully saturated rings. The summed E-state index contributed by atoms with van der Waals surface area (Å²) >= 11 is 0. The molecule has 2 atom stereocenters. The third kappa shape index (κ3) is 5.51. The van der Waals surface area contributed by atoms with Gasteiger partial charge in [0.1, 0.15) is 0 Å². The lowest BCUT2D eigenvalue weighted by atomic mass is 9.89. The minimum absolute atomic E-state index is 0.112. The molecule has 1 saturated heterocycles. The minimum Gasteiger partial charge on any atom is -0.325 e. The van der Waals surface area contributed by atoms with Crippen LogP contribution in [0.5, 0.6) is 0 Å². The molecule has 1 aromatic heterocycles. The second-order valence-corrected chi connectivity index (χ2v) is 11.5. The van der Waals surface area contributed by atoms with E-state index < -0.39 is 27.9 Å². The molecule has 0 aliphatic carbocycles. The summed E-state index contributed by atoms with van der Waals surface area (Å²) in [6, 6.07) is 3.11. The van der Waals surface area contributed by atoms with Crippen LogP contribution in [0.15, 0.2) is 30.1 Å². The Morgan fingerprint density at radius 2 is 1.82 bits per heavy atom. The smallest absolute Gasteiger partial charge is 0.256 e. The number of hydrogen-bond acceptors (Lipinski definition) is 6. The number of hydrogen-bond donors (Lipinski definition) is 0. The van der Waals surface area contributed by atoms with E-state index in [1.165, 1.54) is 0 Å². The number of rotatable bonds is 11. The van der Waals surface area contributed by atoms with Gasteiger partial charge in [-0.3, -0.25) is 19.5 Å². The van der Waals surface area contributed by atoms with E-state index in [9.17, 15) is 18.0 Å². The first kappa shape index (κ1) is 26.3. The van der Waals surface area contributed by atoms with Crippen LogP contribution in [0, 0.1) is 11.8 Å². The quantitative estimate of drug-likeness (QED) is 0.473. The van der Waals surface area contributed by atoms with Gasteiger partial charge in [0, 0.05) is 19.3 Å². The predicted molar refractivity (Wildman–Crippen MR) is 132 cm³/mol. The van der Waals surface area contributed by atoms with Gasteiger partial charge >= 0.3 is 0 Å². The fourth-order valence-electron chi connectivity index (χ4n) is 4.85. The number of carbonyl (C=O) groups excluding carboxylic acids is 2. The highest BCUT2D eigenvalue weighted by molar-refractivity contribution is 7.89. The molecule has 9 heteroatoms. The molecule has 0 unspecified atom stereocenters. The van der Waals surface area contributed by atoms with Crippen LogP contribution in [0.3, 0.4) is 0 Å². The van der Waals surface area contributed by atoms with Crippen molar-refractivity contribution in [2.45, 2.75) is 66.0 Å². The Morgan fingerprint density at radius 1 is 1.18 bits per heavy atom. The molecule has 34 heavy (non-hydrogen) atoms. The summed E-state index contributed by atoms with van der Waals surface area (Å²) < 4.78 is 25.5. The van der Waals surface area contributed by atoms with E-state index in [0.717, 1.165) is 61.6 Å². The summed E-state index contributed by atoms with van der Waals surface area (Å²) in [6.07, 6.45) is 8.90. The molecule has 0 bridgehead atoms. The Hall–Kier alpha value is -2.26. The van der Waals surface area contributed by atoms with Crippen LogP contribution < -0.4 is 0 Å². The number of nitrogens with zero attached hydrogens (tertiary/aromatic N) is 4. The maximum atomic E-state index is 13.4. The summed E-state index contributed by atoms with van der Waals surface area (Å²) in [5.41, 5.74) is 1.76. The summed E-state index contributed by atoms with van der Waals surface area (Å²) in [4.78, 5) is 34.9. The molecule has 2 amide bonds. The third-order valence-electron chi connectivity index (χ3n) is 6.62.